The third-order valence-electron chi connectivity index (χ3n) is 3.39. The minimum atomic E-state index is -3.63. The number of pyridine rings is 1. The zero-order chi connectivity index (χ0) is 15.0. The number of anilines is 1. The van der Waals surface area contributed by atoms with E-state index in [1.807, 2.05) is 19.1 Å². The topological polar surface area (TPSA) is 71.1 Å². The van der Waals surface area contributed by atoms with E-state index < -0.39 is 10.0 Å². The molecule has 0 unspecified atom stereocenters. The van der Waals surface area contributed by atoms with Gasteiger partial charge in [0.2, 0.25) is 0 Å². The Morgan fingerprint density at radius 1 is 1.24 bits per heavy atom. The van der Waals surface area contributed by atoms with Crippen molar-refractivity contribution in [2.45, 2.75) is 24.9 Å². The molecule has 0 fully saturated rings. The molecule has 21 heavy (non-hydrogen) atoms. The normalized spacial score (nSPS) is 14.0. The number of fused-ring (bicyclic) bond motifs is 1. The second-order valence-corrected chi connectivity index (χ2v) is 7.56. The molecule has 1 aliphatic heterocycles. The van der Waals surface area contributed by atoms with E-state index in [0.717, 1.165) is 27.7 Å². The Labute approximate surface area is 132 Å². The largest absolute Gasteiger partial charge is 0.309 e. The van der Waals surface area contributed by atoms with Crippen LogP contribution < -0.4 is 10.0 Å². The lowest BCUT2D eigenvalue weighted by atomic mass is 10.1. The number of halogens is 1. The molecule has 0 saturated carbocycles. The quantitative estimate of drug-likeness (QED) is 0.874. The van der Waals surface area contributed by atoms with Crippen molar-refractivity contribution in [1.82, 2.24) is 10.3 Å². The molecule has 0 bridgehead atoms. The van der Waals surface area contributed by atoms with E-state index >= 15 is 0 Å². The first-order valence-electron chi connectivity index (χ1n) is 6.43. The van der Waals surface area contributed by atoms with Gasteiger partial charge in [-0.15, -0.1) is 0 Å². The first-order chi connectivity index (χ1) is 9.95. The summed E-state index contributed by atoms with van der Waals surface area (Å²) in [5.41, 5.74) is 2.93. The van der Waals surface area contributed by atoms with Crippen molar-refractivity contribution in [3.05, 3.63) is 51.6 Å². The highest BCUT2D eigenvalue weighted by Crippen LogP contribution is 2.23. The first-order valence-corrected chi connectivity index (χ1v) is 8.71. The van der Waals surface area contributed by atoms with Crippen LogP contribution in [0.4, 0.5) is 5.82 Å². The van der Waals surface area contributed by atoms with Crippen LogP contribution in [0, 0.1) is 6.92 Å². The van der Waals surface area contributed by atoms with Gasteiger partial charge in [0.25, 0.3) is 10.0 Å². The molecular formula is C14H14BrN3O2S. The summed E-state index contributed by atoms with van der Waals surface area (Å²) in [6.07, 6.45) is 1.57. The van der Waals surface area contributed by atoms with Gasteiger partial charge in [-0.2, -0.15) is 0 Å². The Kier molecular flexibility index (Phi) is 3.73. The molecule has 1 aromatic carbocycles. The maximum atomic E-state index is 12.5. The van der Waals surface area contributed by atoms with Gasteiger partial charge in [0.15, 0.2) is 0 Å². The summed E-state index contributed by atoms with van der Waals surface area (Å²) < 4.78 is 28.3. The second kappa shape index (κ2) is 5.40. The van der Waals surface area contributed by atoms with E-state index in [1.54, 1.807) is 18.3 Å². The van der Waals surface area contributed by atoms with Crippen molar-refractivity contribution in [1.29, 1.82) is 0 Å². The SMILES string of the molecule is Cc1cc(Br)cnc1NS(=O)(=O)c1ccc2c(c1)CNC2. The molecule has 0 saturated heterocycles. The van der Waals surface area contributed by atoms with Crippen molar-refractivity contribution in [2.24, 2.45) is 0 Å². The second-order valence-electron chi connectivity index (χ2n) is 4.96. The molecule has 1 aromatic heterocycles. The Hall–Kier alpha value is -1.44. The van der Waals surface area contributed by atoms with Crippen molar-refractivity contribution in [3.63, 3.8) is 0 Å². The van der Waals surface area contributed by atoms with Gasteiger partial charge in [-0.1, -0.05) is 6.07 Å². The van der Waals surface area contributed by atoms with Gasteiger partial charge in [0, 0.05) is 23.8 Å². The highest BCUT2D eigenvalue weighted by molar-refractivity contribution is 9.10. The molecule has 2 heterocycles. The zero-order valence-corrected chi connectivity index (χ0v) is 13.8. The predicted octanol–water partition coefficient (Wildman–Crippen LogP) is 2.56. The number of aromatic nitrogens is 1. The van der Waals surface area contributed by atoms with Crippen LogP contribution in [-0.2, 0) is 23.1 Å². The van der Waals surface area contributed by atoms with E-state index in [2.05, 4.69) is 31.0 Å². The van der Waals surface area contributed by atoms with E-state index in [-0.39, 0.29) is 4.90 Å². The lowest BCUT2D eigenvalue weighted by molar-refractivity contribution is 0.601. The lowest BCUT2D eigenvalue weighted by Gasteiger charge is -2.10. The molecule has 110 valence electrons. The van der Waals surface area contributed by atoms with Crippen LogP contribution in [0.5, 0.6) is 0 Å². The minimum absolute atomic E-state index is 0.258. The molecule has 0 amide bonds. The number of hydrogen-bond acceptors (Lipinski definition) is 4. The summed E-state index contributed by atoms with van der Waals surface area (Å²) in [4.78, 5) is 4.37. The summed E-state index contributed by atoms with van der Waals surface area (Å²) in [6, 6.07) is 7.01. The molecule has 7 heteroatoms. The number of aryl methyl sites for hydroxylation is 1. The average molecular weight is 368 g/mol. The number of rotatable bonds is 3. The van der Waals surface area contributed by atoms with Crippen LogP contribution >= 0.6 is 15.9 Å². The fraction of sp³-hybridized carbons (Fsp3) is 0.214. The summed E-state index contributed by atoms with van der Waals surface area (Å²) in [5.74, 6) is 0.344. The van der Waals surface area contributed by atoms with Crippen LogP contribution in [0.1, 0.15) is 16.7 Å². The van der Waals surface area contributed by atoms with Gasteiger partial charge in [-0.3, -0.25) is 4.72 Å². The molecule has 5 nitrogen and oxygen atoms in total. The van der Waals surface area contributed by atoms with Crippen LogP contribution in [0.2, 0.25) is 0 Å². The van der Waals surface area contributed by atoms with E-state index in [9.17, 15) is 8.42 Å². The van der Waals surface area contributed by atoms with Crippen molar-refractivity contribution >= 4 is 31.8 Å². The van der Waals surface area contributed by atoms with Gasteiger partial charge in [0.1, 0.15) is 5.82 Å². The van der Waals surface area contributed by atoms with Crippen molar-refractivity contribution in [3.8, 4) is 0 Å². The van der Waals surface area contributed by atoms with Gasteiger partial charge in [0.05, 0.1) is 4.90 Å². The standard InChI is InChI=1S/C14H14BrN3O2S/c1-9-4-12(15)8-17-14(9)18-21(19,20)13-3-2-10-6-16-7-11(10)5-13/h2-5,8,16H,6-7H2,1H3,(H,17,18). The number of benzene rings is 1. The molecular weight excluding hydrogens is 354 g/mol. The molecule has 1 aliphatic rings. The summed E-state index contributed by atoms with van der Waals surface area (Å²) in [7, 11) is -3.63. The lowest BCUT2D eigenvalue weighted by Crippen LogP contribution is -2.15. The van der Waals surface area contributed by atoms with Gasteiger partial charge < -0.3 is 5.32 Å². The zero-order valence-electron chi connectivity index (χ0n) is 11.4. The molecule has 0 spiro atoms. The number of hydrogen-bond donors (Lipinski definition) is 2. The average Bonchev–Trinajstić information content (AvgIpc) is 2.89. The molecule has 3 rings (SSSR count). The van der Waals surface area contributed by atoms with Crippen molar-refractivity contribution in [2.75, 3.05) is 4.72 Å². The fourth-order valence-electron chi connectivity index (χ4n) is 2.27. The third-order valence-corrected chi connectivity index (χ3v) is 5.17. The summed E-state index contributed by atoms with van der Waals surface area (Å²) in [6.45, 7) is 3.30. The van der Waals surface area contributed by atoms with Gasteiger partial charge in [-0.05, 0) is 57.7 Å². The predicted molar refractivity (Wildman–Crippen MR) is 84.5 cm³/mol. The Balaban J connectivity index is 1.93. The third kappa shape index (κ3) is 2.95. The number of nitrogens with zero attached hydrogens (tertiary/aromatic N) is 1. The van der Waals surface area contributed by atoms with E-state index in [1.165, 1.54) is 0 Å². The van der Waals surface area contributed by atoms with Gasteiger partial charge in [-0.25, -0.2) is 13.4 Å². The highest BCUT2D eigenvalue weighted by atomic mass is 79.9. The highest BCUT2D eigenvalue weighted by Gasteiger charge is 2.19. The van der Waals surface area contributed by atoms with E-state index in [4.69, 9.17) is 0 Å². The minimum Gasteiger partial charge on any atom is -0.309 e. The molecule has 0 aliphatic carbocycles. The van der Waals surface area contributed by atoms with Crippen molar-refractivity contribution < 1.29 is 8.42 Å². The van der Waals surface area contributed by atoms with Gasteiger partial charge >= 0.3 is 0 Å². The molecule has 0 atom stereocenters. The number of sulfonamides is 1. The fourth-order valence-corrected chi connectivity index (χ4v) is 3.85. The maximum Gasteiger partial charge on any atom is 0.263 e. The smallest absolute Gasteiger partial charge is 0.263 e. The molecule has 2 aromatic rings. The summed E-state index contributed by atoms with van der Waals surface area (Å²) in [5, 5.41) is 3.20. The Bertz CT molecular complexity index is 806. The number of nitrogens with one attached hydrogen (secondary N) is 2. The van der Waals surface area contributed by atoms with Crippen LogP contribution in [0.3, 0.4) is 0 Å². The molecule has 0 radical (unpaired) electrons. The van der Waals surface area contributed by atoms with E-state index in [0.29, 0.717) is 12.4 Å². The Morgan fingerprint density at radius 2 is 2.00 bits per heavy atom. The maximum absolute atomic E-state index is 12.5. The van der Waals surface area contributed by atoms with Crippen LogP contribution in [0.15, 0.2) is 39.8 Å². The monoisotopic (exact) mass is 367 g/mol. The molecule has 2 N–H and O–H groups in total. The van der Waals surface area contributed by atoms with Crippen LogP contribution in [-0.4, -0.2) is 13.4 Å². The Morgan fingerprint density at radius 3 is 2.76 bits per heavy atom. The first kappa shape index (κ1) is 14.5. The van der Waals surface area contributed by atoms with Crippen LogP contribution in [0.25, 0.3) is 0 Å². The summed E-state index contributed by atoms with van der Waals surface area (Å²) >= 11 is 3.31.